The van der Waals surface area contributed by atoms with Crippen molar-refractivity contribution in [2.75, 3.05) is 0 Å². The molecule has 0 radical (unpaired) electrons. The minimum absolute atomic E-state index is 0.303. The van der Waals surface area contributed by atoms with Gasteiger partial charge in [0.25, 0.3) is 0 Å². The molecule has 16 heavy (non-hydrogen) atoms. The van der Waals surface area contributed by atoms with E-state index in [0.717, 1.165) is 5.56 Å². The van der Waals surface area contributed by atoms with E-state index in [1.165, 1.54) is 5.56 Å². The molecule has 0 spiro atoms. The zero-order valence-electron chi connectivity index (χ0n) is 8.95. The van der Waals surface area contributed by atoms with Crippen LogP contribution in [0.5, 0.6) is 0 Å². The molecule has 0 amide bonds. The lowest BCUT2D eigenvalue weighted by molar-refractivity contribution is 0.922. The highest BCUT2D eigenvalue weighted by atomic mass is 35.5. The maximum absolute atomic E-state index is 6.00. The second kappa shape index (κ2) is 4.90. The first-order valence-corrected chi connectivity index (χ1v) is 5.93. The Morgan fingerprint density at radius 3 is 1.94 bits per heavy atom. The topological polar surface area (TPSA) is 0 Å². The van der Waals surface area contributed by atoms with E-state index in [0.29, 0.717) is 16.0 Å². The fourth-order valence-electron chi connectivity index (χ4n) is 1.76. The van der Waals surface area contributed by atoms with Gasteiger partial charge in [0, 0.05) is 16.0 Å². The summed E-state index contributed by atoms with van der Waals surface area (Å²) >= 11 is 12.0. The highest BCUT2D eigenvalue weighted by molar-refractivity contribution is 6.34. The molecule has 0 aromatic heterocycles. The fourth-order valence-corrected chi connectivity index (χ4v) is 2.30. The summed E-state index contributed by atoms with van der Waals surface area (Å²) in [6.07, 6.45) is 0. The Morgan fingerprint density at radius 2 is 1.38 bits per heavy atom. The second-order valence-corrected chi connectivity index (χ2v) is 4.71. The van der Waals surface area contributed by atoms with Crippen LogP contribution < -0.4 is 0 Å². The lowest BCUT2D eigenvalue weighted by atomic mass is 9.93. The molecule has 1 atom stereocenters. The molecule has 0 unspecified atom stereocenters. The maximum atomic E-state index is 6.00. The quantitative estimate of drug-likeness (QED) is 0.692. The standard InChI is InChI=1S/C14H12Cl2/c1-10(11-5-3-2-4-6-11)12-7-13(15)9-14(16)8-12/h2-10H,1H3/t10-/m0/s1. The molecule has 0 aliphatic carbocycles. The predicted molar refractivity (Wildman–Crippen MR) is 70.4 cm³/mol. The number of rotatable bonds is 2. The molecular formula is C14H12Cl2. The molecule has 0 saturated carbocycles. The van der Waals surface area contributed by atoms with E-state index in [4.69, 9.17) is 23.2 Å². The summed E-state index contributed by atoms with van der Waals surface area (Å²) in [6.45, 7) is 2.15. The molecule has 0 aliphatic heterocycles. The molecule has 0 bridgehead atoms. The molecular weight excluding hydrogens is 239 g/mol. The second-order valence-electron chi connectivity index (χ2n) is 3.84. The van der Waals surface area contributed by atoms with E-state index in [1.54, 1.807) is 6.07 Å². The van der Waals surface area contributed by atoms with Gasteiger partial charge in [-0.3, -0.25) is 0 Å². The van der Waals surface area contributed by atoms with E-state index in [1.807, 2.05) is 30.3 Å². The van der Waals surface area contributed by atoms with Crippen LogP contribution in [0.25, 0.3) is 0 Å². The number of benzene rings is 2. The monoisotopic (exact) mass is 250 g/mol. The minimum atomic E-state index is 0.303. The first-order chi connectivity index (χ1) is 7.66. The number of hydrogen-bond donors (Lipinski definition) is 0. The highest BCUT2D eigenvalue weighted by Crippen LogP contribution is 2.28. The third-order valence-corrected chi connectivity index (χ3v) is 3.12. The maximum Gasteiger partial charge on any atom is 0.0423 e. The largest absolute Gasteiger partial charge is 0.0843 e. The van der Waals surface area contributed by atoms with Crippen LogP contribution in [0.2, 0.25) is 10.0 Å². The van der Waals surface area contributed by atoms with Crippen molar-refractivity contribution < 1.29 is 0 Å². The van der Waals surface area contributed by atoms with Crippen LogP contribution in [0.3, 0.4) is 0 Å². The molecule has 82 valence electrons. The molecule has 0 nitrogen and oxygen atoms in total. The fraction of sp³-hybridized carbons (Fsp3) is 0.143. The van der Waals surface area contributed by atoms with Gasteiger partial charge in [-0.05, 0) is 29.3 Å². The first kappa shape index (κ1) is 11.5. The summed E-state index contributed by atoms with van der Waals surface area (Å²) in [7, 11) is 0. The van der Waals surface area contributed by atoms with Crippen LogP contribution in [0.1, 0.15) is 24.0 Å². The van der Waals surface area contributed by atoms with Gasteiger partial charge >= 0.3 is 0 Å². The van der Waals surface area contributed by atoms with Gasteiger partial charge in [0.05, 0.1) is 0 Å². The van der Waals surface area contributed by atoms with Crippen LogP contribution in [-0.4, -0.2) is 0 Å². The van der Waals surface area contributed by atoms with Crippen molar-refractivity contribution in [1.29, 1.82) is 0 Å². The van der Waals surface area contributed by atoms with Crippen molar-refractivity contribution in [3.05, 3.63) is 69.7 Å². The van der Waals surface area contributed by atoms with Crippen molar-refractivity contribution in [2.45, 2.75) is 12.8 Å². The Hall–Kier alpha value is -0.980. The molecule has 0 N–H and O–H groups in total. The predicted octanol–water partition coefficient (Wildman–Crippen LogP) is 5.15. The van der Waals surface area contributed by atoms with Gasteiger partial charge < -0.3 is 0 Å². The van der Waals surface area contributed by atoms with Crippen LogP contribution in [-0.2, 0) is 0 Å². The molecule has 2 aromatic carbocycles. The van der Waals surface area contributed by atoms with Gasteiger partial charge in [-0.1, -0.05) is 60.5 Å². The van der Waals surface area contributed by atoms with E-state index >= 15 is 0 Å². The van der Waals surface area contributed by atoms with Crippen molar-refractivity contribution >= 4 is 23.2 Å². The van der Waals surface area contributed by atoms with Crippen molar-refractivity contribution in [2.24, 2.45) is 0 Å². The number of hydrogen-bond acceptors (Lipinski definition) is 0. The lowest BCUT2D eigenvalue weighted by Gasteiger charge is -2.13. The SMILES string of the molecule is C[C@@H](c1ccccc1)c1cc(Cl)cc(Cl)c1. The minimum Gasteiger partial charge on any atom is -0.0843 e. The third kappa shape index (κ3) is 2.58. The smallest absolute Gasteiger partial charge is 0.0423 e. The molecule has 0 fully saturated rings. The van der Waals surface area contributed by atoms with E-state index in [2.05, 4.69) is 19.1 Å². The summed E-state index contributed by atoms with van der Waals surface area (Å²) in [5.41, 5.74) is 2.41. The molecule has 2 aromatic rings. The summed E-state index contributed by atoms with van der Waals surface area (Å²) in [5.74, 6) is 0.303. The highest BCUT2D eigenvalue weighted by Gasteiger charge is 2.09. The Balaban J connectivity index is 2.37. The van der Waals surface area contributed by atoms with E-state index in [-0.39, 0.29) is 0 Å². The first-order valence-electron chi connectivity index (χ1n) is 5.18. The zero-order valence-corrected chi connectivity index (χ0v) is 10.5. The van der Waals surface area contributed by atoms with Gasteiger partial charge in [-0.25, -0.2) is 0 Å². The van der Waals surface area contributed by atoms with Crippen LogP contribution in [0.15, 0.2) is 48.5 Å². The Kier molecular flexibility index (Phi) is 3.52. The van der Waals surface area contributed by atoms with Gasteiger partial charge in [-0.2, -0.15) is 0 Å². The van der Waals surface area contributed by atoms with E-state index in [9.17, 15) is 0 Å². The average molecular weight is 251 g/mol. The van der Waals surface area contributed by atoms with Gasteiger partial charge in [0.2, 0.25) is 0 Å². The summed E-state index contributed by atoms with van der Waals surface area (Å²) in [4.78, 5) is 0. The van der Waals surface area contributed by atoms with Crippen LogP contribution >= 0.6 is 23.2 Å². The Labute approximate surface area is 106 Å². The third-order valence-electron chi connectivity index (χ3n) is 2.68. The Morgan fingerprint density at radius 1 is 0.812 bits per heavy atom. The molecule has 2 rings (SSSR count). The average Bonchev–Trinajstić information content (AvgIpc) is 2.28. The zero-order chi connectivity index (χ0) is 11.5. The van der Waals surface area contributed by atoms with Crippen molar-refractivity contribution in [3.8, 4) is 0 Å². The van der Waals surface area contributed by atoms with Crippen LogP contribution in [0, 0.1) is 0 Å². The van der Waals surface area contributed by atoms with Crippen molar-refractivity contribution in [1.82, 2.24) is 0 Å². The van der Waals surface area contributed by atoms with Gasteiger partial charge in [0.15, 0.2) is 0 Å². The van der Waals surface area contributed by atoms with E-state index < -0.39 is 0 Å². The lowest BCUT2D eigenvalue weighted by Crippen LogP contribution is -1.95. The molecule has 0 saturated heterocycles. The normalized spacial score (nSPS) is 12.4. The summed E-state index contributed by atoms with van der Waals surface area (Å²) in [6, 6.07) is 16.0. The van der Waals surface area contributed by atoms with Crippen molar-refractivity contribution in [3.63, 3.8) is 0 Å². The number of halogens is 2. The Bertz CT molecular complexity index is 457. The van der Waals surface area contributed by atoms with Gasteiger partial charge in [0.1, 0.15) is 0 Å². The summed E-state index contributed by atoms with van der Waals surface area (Å²) < 4.78 is 0. The molecule has 0 heterocycles. The van der Waals surface area contributed by atoms with Crippen LogP contribution in [0.4, 0.5) is 0 Å². The summed E-state index contributed by atoms with van der Waals surface area (Å²) in [5, 5.41) is 1.37. The van der Waals surface area contributed by atoms with Gasteiger partial charge in [-0.15, -0.1) is 0 Å². The molecule has 0 aliphatic rings. The molecule has 2 heteroatoms.